The predicted octanol–water partition coefficient (Wildman–Crippen LogP) is 0.192. The third-order valence-corrected chi connectivity index (χ3v) is 7.70. The lowest BCUT2D eigenvalue weighted by atomic mass is 9.72. The maximum atomic E-state index is 13.4. The van der Waals surface area contributed by atoms with E-state index >= 15 is 0 Å². The lowest BCUT2D eigenvalue weighted by molar-refractivity contribution is -0.247. The molecule has 0 unspecified atom stereocenters. The van der Waals surface area contributed by atoms with E-state index in [1.807, 2.05) is 0 Å². The van der Waals surface area contributed by atoms with Crippen LogP contribution in [-0.4, -0.2) is 84.3 Å². The van der Waals surface area contributed by atoms with Crippen LogP contribution in [0.2, 0.25) is 0 Å². The minimum absolute atomic E-state index is 0. The van der Waals surface area contributed by atoms with E-state index < -0.39 is 94.4 Å². The Hall–Kier alpha value is -3.83. The minimum Gasteiger partial charge on any atom is -0.507 e. The number of ketones is 3. The Kier molecular flexibility index (Phi) is 9.72. The van der Waals surface area contributed by atoms with Gasteiger partial charge in [0.2, 0.25) is 5.78 Å². The molecular weight excluding hydrogens is 594 g/mol. The number of aromatic hydroxyl groups is 3. The number of hydrogen-bond donors (Lipinski definition) is 9. The summed E-state index contributed by atoms with van der Waals surface area (Å²) in [4.78, 5) is 48.4. The Balaban J connectivity index is 0.000000781. The molecule has 2 aliphatic carbocycles. The summed E-state index contributed by atoms with van der Waals surface area (Å²) in [6.07, 6.45) is -4.68. The first-order chi connectivity index (χ1) is 19.6. The Morgan fingerprint density at radius 2 is 1.70 bits per heavy atom. The van der Waals surface area contributed by atoms with E-state index in [2.05, 4.69) is 5.73 Å². The second-order valence-corrected chi connectivity index (χ2v) is 10.4. The van der Waals surface area contributed by atoms with Gasteiger partial charge in [0.25, 0.3) is 0 Å². The monoisotopic (exact) mass is 625 g/mol. The predicted molar refractivity (Wildman–Crippen MR) is 147 cm³/mol. The summed E-state index contributed by atoms with van der Waals surface area (Å²) in [7, 11) is 0. The van der Waals surface area contributed by atoms with Gasteiger partial charge in [0.15, 0.2) is 17.9 Å². The molecule has 2 aromatic carbocycles. The van der Waals surface area contributed by atoms with Crippen LogP contribution in [0.1, 0.15) is 75.8 Å². The van der Waals surface area contributed by atoms with Gasteiger partial charge in [-0.05, 0) is 19.9 Å². The number of phenols is 3. The summed E-state index contributed by atoms with van der Waals surface area (Å²) in [5, 5.41) is 61.5. The van der Waals surface area contributed by atoms with Crippen LogP contribution < -0.4 is 16.9 Å². The molecule has 1 heterocycles. The van der Waals surface area contributed by atoms with E-state index in [1.165, 1.54) is 23.7 Å². The molecule has 6 atom stereocenters. The molecule has 11 N–H and O–H groups in total. The number of phenolic OH excluding ortho intramolecular Hbond substituents is 3. The van der Waals surface area contributed by atoms with Crippen molar-refractivity contribution in [2.24, 2.45) is 11.5 Å². The minimum atomic E-state index is -2.02. The summed E-state index contributed by atoms with van der Waals surface area (Å²) in [5.74, 6) is -4.13. The second kappa shape index (κ2) is 12.4. The first-order valence-corrected chi connectivity index (χ1v) is 12.8. The molecule has 1 fully saturated rings. The number of amides is 2. The smallest absolute Gasteiger partial charge is 0.335 e. The van der Waals surface area contributed by atoms with E-state index in [0.29, 0.717) is 0 Å². The van der Waals surface area contributed by atoms with Gasteiger partial charge in [0.1, 0.15) is 22.8 Å². The number of hydroxylamine groups is 1. The highest BCUT2D eigenvalue weighted by Crippen LogP contribution is 2.52. The maximum Gasteiger partial charge on any atom is 0.335 e. The molecule has 0 radical (unpaired) electrons. The fourth-order valence-electron chi connectivity index (χ4n) is 5.50. The van der Waals surface area contributed by atoms with Crippen LogP contribution in [0.3, 0.4) is 0 Å². The molecule has 0 aromatic heterocycles. The number of Topliss-reactive ketones (excluding diaryl/α,β-unsaturated/α-hetero) is 1. The Morgan fingerprint density at radius 1 is 1.09 bits per heavy atom. The topological polar surface area (TPSA) is 272 Å². The number of benzene rings is 2. The van der Waals surface area contributed by atoms with Crippen molar-refractivity contribution in [3.8, 4) is 17.2 Å². The van der Waals surface area contributed by atoms with Crippen molar-refractivity contribution in [3.63, 3.8) is 0 Å². The number of hydrogen-bond acceptors (Lipinski definition) is 13. The first kappa shape index (κ1) is 33.7. The standard InChI is InChI=1S/C26H27NO10.CH4N2O2.ClH/c1-9-21(30)13(27)6-16(36-9)37-15-8-26(35,10(2)28)7-12-18(15)25(34)20-19(23(12)32)22(31)11-4-3-5-14(29)17(11)24(20)33;2-1(4)3-5;/h3-5,9,13,15-16,21,29-30,32,34-35H,6-8,27H2,1-2H3;5H,(H3,2,3,4);1H/t9-,13-,15-,16-,21+,26-;;/m0../s1. The van der Waals surface area contributed by atoms with Crippen molar-refractivity contribution >= 4 is 35.8 Å². The Morgan fingerprint density at radius 3 is 2.26 bits per heavy atom. The molecule has 3 aliphatic rings. The summed E-state index contributed by atoms with van der Waals surface area (Å²) in [6, 6.07) is 2.26. The molecule has 43 heavy (non-hydrogen) atoms. The summed E-state index contributed by atoms with van der Waals surface area (Å²) < 4.78 is 11.7. The van der Waals surface area contributed by atoms with Gasteiger partial charge in [-0.1, -0.05) is 12.1 Å². The van der Waals surface area contributed by atoms with Gasteiger partial charge >= 0.3 is 6.03 Å². The molecule has 1 aliphatic heterocycles. The number of aliphatic hydroxyl groups is 2. The molecule has 1 saturated heterocycles. The Bertz CT molecular complexity index is 1470. The van der Waals surface area contributed by atoms with Crippen molar-refractivity contribution in [2.75, 3.05) is 0 Å². The number of carbonyl (C=O) groups excluding carboxylic acids is 4. The molecule has 0 saturated carbocycles. The molecule has 2 amide bonds. The number of primary amides is 1. The average Bonchev–Trinajstić information content (AvgIpc) is 2.92. The van der Waals surface area contributed by atoms with E-state index in [0.717, 1.165) is 6.92 Å². The number of nitrogens with one attached hydrogen (secondary N) is 1. The molecule has 0 bridgehead atoms. The third-order valence-electron chi connectivity index (χ3n) is 7.70. The lowest BCUT2D eigenvalue weighted by Gasteiger charge is -2.42. The summed E-state index contributed by atoms with van der Waals surface area (Å²) in [5.41, 5.74) is 7.75. The maximum absolute atomic E-state index is 13.4. The lowest BCUT2D eigenvalue weighted by Crippen LogP contribution is -2.52. The number of carbonyl (C=O) groups is 4. The number of aliphatic hydroxyl groups excluding tert-OH is 1. The third kappa shape index (κ3) is 5.88. The molecule has 15 nitrogen and oxygen atoms in total. The fraction of sp³-hybridized carbons (Fsp3) is 0.407. The van der Waals surface area contributed by atoms with Gasteiger partial charge in [0, 0.05) is 42.0 Å². The van der Waals surface area contributed by atoms with Gasteiger partial charge in [-0.15, -0.1) is 12.4 Å². The normalized spacial score (nSPS) is 27.3. The molecule has 5 rings (SSSR count). The van der Waals surface area contributed by atoms with E-state index in [-0.39, 0.29) is 47.5 Å². The zero-order valence-corrected chi connectivity index (χ0v) is 23.8. The van der Waals surface area contributed by atoms with Crippen molar-refractivity contribution in [1.82, 2.24) is 5.48 Å². The fourth-order valence-corrected chi connectivity index (χ4v) is 5.50. The Labute approximate surface area is 250 Å². The highest BCUT2D eigenvalue weighted by Gasteiger charge is 2.49. The number of fused-ring (bicyclic) bond motifs is 3. The quantitative estimate of drug-likeness (QED) is 0.107. The van der Waals surface area contributed by atoms with Gasteiger partial charge in [-0.2, -0.15) is 0 Å². The average molecular weight is 626 g/mol. The van der Waals surface area contributed by atoms with E-state index in [9.17, 15) is 44.7 Å². The number of ether oxygens (including phenoxy) is 2. The van der Waals surface area contributed by atoms with E-state index in [1.54, 1.807) is 6.92 Å². The molecule has 0 spiro atoms. The van der Waals surface area contributed by atoms with Gasteiger partial charge in [-0.25, -0.2) is 10.3 Å². The molecule has 2 aromatic rings. The van der Waals surface area contributed by atoms with Crippen molar-refractivity contribution < 1.29 is 59.4 Å². The number of urea groups is 1. The highest BCUT2D eigenvalue weighted by atomic mass is 35.5. The number of nitrogens with two attached hydrogens (primary N) is 2. The SMILES string of the molecule is CC(=O)[C@]1(O)Cc2c(O)c3c(c(O)c2[C@@H](O[C@H]2C[C@H](N)[C@H](O)[C@H](C)O2)C1)C(=O)c1c(O)cccc1C3=O.Cl.NC(=O)NO. The summed E-state index contributed by atoms with van der Waals surface area (Å²) >= 11 is 0. The van der Waals surface area contributed by atoms with Crippen molar-refractivity contribution in [3.05, 3.63) is 51.6 Å². The van der Waals surface area contributed by atoms with Gasteiger partial charge in [0.05, 0.1) is 35.0 Å². The van der Waals surface area contributed by atoms with Crippen molar-refractivity contribution in [2.45, 2.75) is 69.4 Å². The zero-order valence-electron chi connectivity index (χ0n) is 22.9. The highest BCUT2D eigenvalue weighted by molar-refractivity contribution is 6.31. The molecular formula is C27H32ClN3O12. The van der Waals surface area contributed by atoms with Crippen LogP contribution in [0.25, 0.3) is 0 Å². The second-order valence-electron chi connectivity index (χ2n) is 10.4. The van der Waals surface area contributed by atoms with Gasteiger partial charge < -0.3 is 46.5 Å². The molecule has 234 valence electrons. The van der Waals surface area contributed by atoms with Crippen LogP contribution in [0, 0.1) is 0 Å². The first-order valence-electron chi connectivity index (χ1n) is 12.8. The van der Waals surface area contributed by atoms with E-state index in [4.69, 9.17) is 20.4 Å². The number of halogens is 1. The summed E-state index contributed by atoms with van der Waals surface area (Å²) in [6.45, 7) is 2.76. The zero-order chi connectivity index (χ0) is 31.3. The van der Waals surface area contributed by atoms with Crippen molar-refractivity contribution in [1.29, 1.82) is 0 Å². The van der Waals surface area contributed by atoms with Crippen LogP contribution in [0.5, 0.6) is 17.2 Å². The molecule has 16 heteroatoms. The van der Waals surface area contributed by atoms with Crippen LogP contribution >= 0.6 is 12.4 Å². The largest absolute Gasteiger partial charge is 0.507 e. The number of rotatable bonds is 3. The van der Waals surface area contributed by atoms with Crippen LogP contribution in [-0.2, 0) is 20.7 Å². The van der Waals surface area contributed by atoms with Crippen LogP contribution in [0.4, 0.5) is 4.79 Å². The van der Waals surface area contributed by atoms with Crippen LogP contribution in [0.15, 0.2) is 18.2 Å². The van der Waals surface area contributed by atoms with Gasteiger partial charge in [-0.3, -0.25) is 19.6 Å².